The molecule has 1 saturated heterocycles. The van der Waals surface area contributed by atoms with E-state index in [-0.39, 0.29) is 30.6 Å². The van der Waals surface area contributed by atoms with Gasteiger partial charge in [0.25, 0.3) is 5.56 Å². The molecule has 1 aromatic heterocycles. The molecule has 49 heavy (non-hydrogen) atoms. The monoisotopic (exact) mass is 685 g/mol. The van der Waals surface area contributed by atoms with E-state index in [2.05, 4.69) is 5.32 Å². The fourth-order valence-electron chi connectivity index (χ4n) is 6.44. The molecule has 1 aliphatic rings. The smallest absolute Gasteiger partial charge is 0.416 e. The molecule has 2 aromatic carbocycles. The summed E-state index contributed by atoms with van der Waals surface area (Å²) in [5.74, 6) is -2.01. The van der Waals surface area contributed by atoms with Crippen LogP contribution in [0.1, 0.15) is 92.4 Å². The highest BCUT2D eigenvalue weighted by molar-refractivity contribution is 5.82. The van der Waals surface area contributed by atoms with Crippen molar-refractivity contribution in [2.45, 2.75) is 92.4 Å². The summed E-state index contributed by atoms with van der Waals surface area (Å²) >= 11 is 0. The molecule has 3 aromatic rings. The van der Waals surface area contributed by atoms with Gasteiger partial charge in [-0.2, -0.15) is 13.2 Å². The molecule has 0 saturated carbocycles. The number of esters is 1. The van der Waals surface area contributed by atoms with Crippen LogP contribution >= 0.6 is 0 Å². The molecule has 0 aliphatic carbocycles. The number of nitrogens with one attached hydrogen (secondary N) is 1. The summed E-state index contributed by atoms with van der Waals surface area (Å²) in [6, 6.07) is 7.22. The van der Waals surface area contributed by atoms with Crippen molar-refractivity contribution in [2.24, 2.45) is 5.41 Å². The molecule has 1 amide bonds. The molecule has 1 aliphatic heterocycles. The van der Waals surface area contributed by atoms with Crippen molar-refractivity contribution in [1.82, 2.24) is 14.8 Å². The third-order valence-electron chi connectivity index (χ3n) is 8.98. The van der Waals surface area contributed by atoms with Gasteiger partial charge in [0.2, 0.25) is 5.91 Å². The molecule has 0 bridgehead atoms. The molecule has 2 atom stereocenters. The minimum atomic E-state index is -4.76. The second-order valence-corrected chi connectivity index (χ2v) is 14.2. The van der Waals surface area contributed by atoms with Crippen LogP contribution in [-0.4, -0.2) is 47.6 Å². The number of aromatic nitrogens is 1. The van der Waals surface area contributed by atoms with Crippen molar-refractivity contribution in [1.29, 1.82) is 0 Å². The first-order valence-electron chi connectivity index (χ1n) is 16.8. The molecule has 1 N–H and O–H groups in total. The number of alkyl halides is 3. The highest BCUT2D eigenvalue weighted by Crippen LogP contribution is 2.36. The van der Waals surface area contributed by atoms with Gasteiger partial charge < -0.3 is 19.5 Å². The topological polar surface area (TPSA) is 80.6 Å². The van der Waals surface area contributed by atoms with Crippen LogP contribution in [0.15, 0.2) is 47.4 Å². The maximum Gasteiger partial charge on any atom is 0.416 e. The van der Waals surface area contributed by atoms with E-state index in [0.29, 0.717) is 23.7 Å². The molecule has 0 radical (unpaired) electrons. The van der Waals surface area contributed by atoms with Crippen molar-refractivity contribution in [3.8, 4) is 11.1 Å². The van der Waals surface area contributed by atoms with Crippen molar-refractivity contribution < 1.29 is 31.9 Å². The van der Waals surface area contributed by atoms with Crippen molar-refractivity contribution in [3.05, 3.63) is 92.1 Å². The van der Waals surface area contributed by atoms with Crippen LogP contribution in [0.4, 0.5) is 17.6 Å². The highest BCUT2D eigenvalue weighted by atomic mass is 19.4. The van der Waals surface area contributed by atoms with Gasteiger partial charge in [0.15, 0.2) is 0 Å². The number of nitrogens with zero attached hydrogens (tertiary/aromatic N) is 2. The molecular weight excluding hydrogens is 638 g/mol. The number of benzene rings is 2. The Bertz CT molecular complexity index is 1720. The first-order valence-corrected chi connectivity index (χ1v) is 16.8. The normalized spacial score (nSPS) is 15.0. The van der Waals surface area contributed by atoms with E-state index in [4.69, 9.17) is 4.74 Å². The molecule has 266 valence electrons. The average molecular weight is 686 g/mol. The average Bonchev–Trinajstić information content (AvgIpc) is 2.96. The molecule has 1 fully saturated rings. The van der Waals surface area contributed by atoms with Crippen LogP contribution < -0.4 is 10.9 Å². The maximum absolute atomic E-state index is 16.0. The van der Waals surface area contributed by atoms with Crippen LogP contribution in [0.2, 0.25) is 0 Å². The summed E-state index contributed by atoms with van der Waals surface area (Å²) in [4.78, 5) is 42.6. The zero-order chi connectivity index (χ0) is 36.3. The van der Waals surface area contributed by atoms with E-state index < -0.39 is 58.9 Å². The lowest BCUT2D eigenvalue weighted by Gasteiger charge is -2.32. The number of rotatable bonds is 12. The Hall–Kier alpha value is -3.99. The molecule has 1 unspecified atom stereocenters. The summed E-state index contributed by atoms with van der Waals surface area (Å²) in [5.41, 5.74) is 1.22. The van der Waals surface area contributed by atoms with E-state index >= 15 is 4.39 Å². The highest BCUT2D eigenvalue weighted by Gasteiger charge is 2.37. The fourth-order valence-corrected chi connectivity index (χ4v) is 6.44. The Morgan fingerprint density at radius 3 is 2.20 bits per heavy atom. The number of likely N-dealkylation sites (tertiary alicyclic amines) is 1. The second-order valence-electron chi connectivity index (χ2n) is 14.2. The van der Waals surface area contributed by atoms with Gasteiger partial charge in [-0.15, -0.1) is 0 Å². The number of ether oxygens (including phenoxy) is 1. The number of carbonyl (C=O) groups excluding carboxylic acids is 2. The molecule has 2 heterocycles. The number of aryl methyl sites for hydroxylation is 3. The van der Waals surface area contributed by atoms with Crippen molar-refractivity contribution in [3.63, 3.8) is 0 Å². The van der Waals surface area contributed by atoms with Gasteiger partial charge in [-0.1, -0.05) is 39.0 Å². The van der Waals surface area contributed by atoms with Crippen molar-refractivity contribution in [2.75, 3.05) is 26.2 Å². The van der Waals surface area contributed by atoms with Crippen LogP contribution in [0.5, 0.6) is 0 Å². The SMILES string of the molecule is CCOC(=O)C[C@H](NC(=O)C(CC(C)(C)C)n1cc(CCN2CCC2)c(C(F)(F)F)cc1=O)c1cc(-c2c(C)cccc2C)cc(C)c1F. The Balaban J connectivity index is 1.81. The van der Waals surface area contributed by atoms with Gasteiger partial charge in [0, 0.05) is 24.4 Å². The Morgan fingerprint density at radius 2 is 1.65 bits per heavy atom. The maximum atomic E-state index is 16.0. The first-order chi connectivity index (χ1) is 22.9. The standard InChI is InChI=1S/C38H47F4N3O4/c1-8-49-33(47)20-30(28-18-27(17-25(4)35(28)39)34-23(2)11-9-12-24(34)3)43-36(48)31(21-37(5,6)7)45-22-26(13-16-44-14-10-15-44)29(19-32(45)46)38(40,41)42/h9,11-12,17-19,22,30-31H,8,10,13-16,20-21H2,1-7H3,(H,43,48)/t30-,31?/m0/s1. The summed E-state index contributed by atoms with van der Waals surface area (Å²) in [6.07, 6.45) is -2.93. The zero-order valence-electron chi connectivity index (χ0n) is 29.4. The number of hydrogen-bond acceptors (Lipinski definition) is 5. The second kappa shape index (κ2) is 15.3. The van der Waals surface area contributed by atoms with E-state index in [0.717, 1.165) is 47.0 Å². The van der Waals surface area contributed by atoms with Crippen LogP contribution in [-0.2, 0) is 26.9 Å². The summed E-state index contributed by atoms with van der Waals surface area (Å²) in [6.45, 7) is 14.7. The van der Waals surface area contributed by atoms with Gasteiger partial charge in [-0.3, -0.25) is 14.4 Å². The zero-order valence-corrected chi connectivity index (χ0v) is 29.4. The lowest BCUT2D eigenvalue weighted by atomic mass is 9.87. The minimum absolute atomic E-state index is 0.0417. The van der Waals surface area contributed by atoms with Gasteiger partial charge in [0.1, 0.15) is 11.9 Å². The molecule has 11 heteroatoms. The van der Waals surface area contributed by atoms with Gasteiger partial charge in [0.05, 0.1) is 24.6 Å². The molecular formula is C38H47F4N3O4. The predicted molar refractivity (Wildman–Crippen MR) is 182 cm³/mol. The van der Waals surface area contributed by atoms with E-state index in [9.17, 15) is 27.6 Å². The number of amides is 1. The van der Waals surface area contributed by atoms with Gasteiger partial charge in [-0.25, -0.2) is 4.39 Å². The van der Waals surface area contributed by atoms with Crippen LogP contribution in [0.3, 0.4) is 0 Å². The molecule has 4 rings (SSSR count). The first kappa shape index (κ1) is 37.8. The van der Waals surface area contributed by atoms with E-state index in [1.165, 1.54) is 0 Å². The number of pyridine rings is 1. The fraction of sp³-hybridized carbons (Fsp3) is 0.500. The van der Waals surface area contributed by atoms with Crippen molar-refractivity contribution >= 4 is 11.9 Å². The summed E-state index contributed by atoms with van der Waals surface area (Å²) < 4.78 is 64.6. The number of hydrogen-bond donors (Lipinski definition) is 1. The summed E-state index contributed by atoms with van der Waals surface area (Å²) in [5, 5.41) is 2.81. The summed E-state index contributed by atoms with van der Waals surface area (Å²) in [7, 11) is 0. The number of carbonyl (C=O) groups is 2. The Kier molecular flexibility index (Phi) is 11.8. The minimum Gasteiger partial charge on any atom is -0.466 e. The van der Waals surface area contributed by atoms with E-state index in [1.54, 1.807) is 26.0 Å². The van der Waals surface area contributed by atoms with Crippen LogP contribution in [0, 0.1) is 32.0 Å². The largest absolute Gasteiger partial charge is 0.466 e. The lowest BCUT2D eigenvalue weighted by molar-refractivity contribution is -0.144. The quantitative estimate of drug-likeness (QED) is 0.157. The molecule has 0 spiro atoms. The Morgan fingerprint density at radius 1 is 1.00 bits per heavy atom. The van der Waals surface area contributed by atoms with E-state index in [1.807, 2.05) is 57.7 Å². The third-order valence-corrected chi connectivity index (χ3v) is 8.98. The third kappa shape index (κ3) is 9.38. The lowest BCUT2D eigenvalue weighted by Crippen LogP contribution is -2.42. The predicted octanol–water partition coefficient (Wildman–Crippen LogP) is 7.63. The molecule has 7 nitrogen and oxygen atoms in total. The number of halogens is 4. The van der Waals surface area contributed by atoms with Crippen LogP contribution in [0.25, 0.3) is 11.1 Å². The Labute approximate surface area is 285 Å². The van der Waals surface area contributed by atoms with Gasteiger partial charge >= 0.3 is 12.1 Å². The van der Waals surface area contributed by atoms with Gasteiger partial charge in [-0.05, 0) is 111 Å².